The first-order valence-corrected chi connectivity index (χ1v) is 6.37. The Morgan fingerprint density at radius 2 is 1.85 bits per heavy atom. The van der Waals surface area contributed by atoms with Crippen LogP contribution in [0.3, 0.4) is 0 Å². The van der Waals surface area contributed by atoms with Gasteiger partial charge in [-0.05, 0) is 30.3 Å². The maximum atomic E-state index is 13.4. The summed E-state index contributed by atoms with van der Waals surface area (Å²) in [7, 11) is 0. The molecule has 1 N–H and O–H groups in total. The number of hydrogen-bond donors (Lipinski definition) is 1. The SMILES string of the molecule is O=C(O)c1ccc(Br)cc1OCc1c(F)cccc1F. The Kier molecular flexibility index (Phi) is 4.34. The van der Waals surface area contributed by atoms with Crippen molar-refractivity contribution in [2.75, 3.05) is 0 Å². The predicted octanol–water partition coefficient (Wildman–Crippen LogP) is 4.00. The largest absolute Gasteiger partial charge is 0.488 e. The molecule has 0 aliphatic heterocycles. The Balaban J connectivity index is 2.27. The van der Waals surface area contributed by atoms with Crippen LogP contribution in [0.5, 0.6) is 5.75 Å². The smallest absolute Gasteiger partial charge is 0.339 e. The molecule has 0 atom stereocenters. The lowest BCUT2D eigenvalue weighted by Gasteiger charge is -2.10. The second-order valence-electron chi connectivity index (χ2n) is 3.93. The summed E-state index contributed by atoms with van der Waals surface area (Å²) in [5.41, 5.74) is -0.325. The molecule has 0 amide bonds. The highest BCUT2D eigenvalue weighted by Crippen LogP contribution is 2.25. The number of aromatic carboxylic acids is 1. The summed E-state index contributed by atoms with van der Waals surface area (Å²) in [5, 5.41) is 9.02. The molecule has 20 heavy (non-hydrogen) atoms. The van der Waals surface area contributed by atoms with Gasteiger partial charge in [0.1, 0.15) is 29.6 Å². The third kappa shape index (κ3) is 3.14. The number of rotatable bonds is 4. The van der Waals surface area contributed by atoms with E-state index >= 15 is 0 Å². The Morgan fingerprint density at radius 1 is 1.20 bits per heavy atom. The van der Waals surface area contributed by atoms with Crippen molar-refractivity contribution in [3.8, 4) is 5.75 Å². The maximum absolute atomic E-state index is 13.4. The number of hydrogen-bond acceptors (Lipinski definition) is 2. The summed E-state index contributed by atoms with van der Waals surface area (Å²) >= 11 is 3.18. The minimum absolute atomic E-state index is 0.0366. The molecule has 104 valence electrons. The van der Waals surface area contributed by atoms with Gasteiger partial charge in [0.2, 0.25) is 0 Å². The molecule has 0 saturated heterocycles. The fourth-order valence-electron chi connectivity index (χ4n) is 1.61. The highest BCUT2D eigenvalue weighted by atomic mass is 79.9. The average molecular weight is 343 g/mol. The number of carboxylic acids is 1. The first kappa shape index (κ1) is 14.5. The first-order chi connectivity index (χ1) is 9.49. The van der Waals surface area contributed by atoms with Crippen LogP contribution in [0.25, 0.3) is 0 Å². The molecule has 2 rings (SSSR count). The van der Waals surface area contributed by atoms with Gasteiger partial charge in [-0.15, -0.1) is 0 Å². The van der Waals surface area contributed by atoms with Crippen molar-refractivity contribution in [3.63, 3.8) is 0 Å². The van der Waals surface area contributed by atoms with Crippen LogP contribution in [0.4, 0.5) is 8.78 Å². The van der Waals surface area contributed by atoms with Gasteiger partial charge in [0.05, 0.1) is 5.56 Å². The predicted molar refractivity (Wildman–Crippen MR) is 71.8 cm³/mol. The zero-order valence-electron chi connectivity index (χ0n) is 10.1. The van der Waals surface area contributed by atoms with Gasteiger partial charge in [-0.25, -0.2) is 13.6 Å². The molecular weight excluding hydrogens is 334 g/mol. The summed E-state index contributed by atoms with van der Waals surface area (Å²) < 4.78 is 32.7. The third-order valence-electron chi connectivity index (χ3n) is 2.61. The molecule has 0 fully saturated rings. The number of benzene rings is 2. The summed E-state index contributed by atoms with van der Waals surface area (Å²) in [4.78, 5) is 11.0. The molecule has 0 aliphatic carbocycles. The summed E-state index contributed by atoms with van der Waals surface area (Å²) in [6, 6.07) is 7.79. The van der Waals surface area contributed by atoms with Gasteiger partial charge in [-0.2, -0.15) is 0 Å². The fraction of sp³-hybridized carbons (Fsp3) is 0.0714. The van der Waals surface area contributed by atoms with E-state index in [2.05, 4.69) is 15.9 Å². The van der Waals surface area contributed by atoms with Gasteiger partial charge >= 0.3 is 5.97 Å². The molecule has 2 aromatic carbocycles. The van der Waals surface area contributed by atoms with E-state index in [-0.39, 0.29) is 16.9 Å². The van der Waals surface area contributed by atoms with E-state index in [9.17, 15) is 13.6 Å². The van der Waals surface area contributed by atoms with Crippen LogP contribution in [0, 0.1) is 11.6 Å². The van der Waals surface area contributed by atoms with Gasteiger partial charge in [-0.1, -0.05) is 22.0 Å². The standard InChI is InChI=1S/C14H9BrF2O3/c15-8-4-5-9(14(18)19)13(6-8)20-7-10-11(16)2-1-3-12(10)17/h1-6H,7H2,(H,18,19). The Bertz CT molecular complexity index is 639. The molecule has 0 aromatic heterocycles. The lowest BCUT2D eigenvalue weighted by molar-refractivity contribution is 0.0691. The van der Waals surface area contributed by atoms with Gasteiger partial charge in [0.15, 0.2) is 0 Å². The molecule has 0 bridgehead atoms. The molecule has 3 nitrogen and oxygen atoms in total. The maximum Gasteiger partial charge on any atom is 0.339 e. The molecule has 0 aliphatic rings. The highest BCUT2D eigenvalue weighted by molar-refractivity contribution is 9.10. The van der Waals surface area contributed by atoms with E-state index in [4.69, 9.17) is 9.84 Å². The van der Waals surface area contributed by atoms with Crippen molar-refractivity contribution < 1.29 is 23.4 Å². The van der Waals surface area contributed by atoms with E-state index in [1.165, 1.54) is 18.2 Å². The lowest BCUT2D eigenvalue weighted by atomic mass is 10.2. The average Bonchev–Trinajstić information content (AvgIpc) is 2.37. The van der Waals surface area contributed by atoms with Crippen molar-refractivity contribution in [2.24, 2.45) is 0 Å². The van der Waals surface area contributed by atoms with Crippen molar-refractivity contribution >= 4 is 21.9 Å². The zero-order chi connectivity index (χ0) is 14.7. The fourth-order valence-corrected chi connectivity index (χ4v) is 1.95. The van der Waals surface area contributed by atoms with Gasteiger partial charge < -0.3 is 9.84 Å². The normalized spacial score (nSPS) is 10.3. The van der Waals surface area contributed by atoms with Crippen LogP contribution in [-0.4, -0.2) is 11.1 Å². The van der Waals surface area contributed by atoms with E-state index < -0.39 is 24.2 Å². The summed E-state index contributed by atoms with van der Waals surface area (Å²) in [6.07, 6.45) is 0. The van der Waals surface area contributed by atoms with Crippen LogP contribution in [0.1, 0.15) is 15.9 Å². The molecular formula is C14H9BrF2O3. The van der Waals surface area contributed by atoms with Crippen LogP contribution in [-0.2, 0) is 6.61 Å². The van der Waals surface area contributed by atoms with Gasteiger partial charge in [0, 0.05) is 4.47 Å². The zero-order valence-corrected chi connectivity index (χ0v) is 11.7. The van der Waals surface area contributed by atoms with Crippen LogP contribution >= 0.6 is 15.9 Å². The van der Waals surface area contributed by atoms with Crippen LogP contribution in [0.2, 0.25) is 0 Å². The topological polar surface area (TPSA) is 46.5 Å². The minimum Gasteiger partial charge on any atom is -0.488 e. The molecule has 6 heteroatoms. The number of carboxylic acid groups (broad SMARTS) is 1. The molecule has 0 unspecified atom stereocenters. The summed E-state index contributed by atoms with van der Waals surface area (Å²) in [6.45, 7) is -0.394. The highest BCUT2D eigenvalue weighted by Gasteiger charge is 2.14. The Hall–Kier alpha value is -1.95. The molecule has 2 aromatic rings. The van der Waals surface area contributed by atoms with E-state index in [0.29, 0.717) is 4.47 Å². The monoisotopic (exact) mass is 342 g/mol. The minimum atomic E-state index is -1.18. The van der Waals surface area contributed by atoms with Crippen molar-refractivity contribution in [1.29, 1.82) is 0 Å². The van der Waals surface area contributed by atoms with E-state index in [0.717, 1.165) is 12.1 Å². The first-order valence-electron chi connectivity index (χ1n) is 5.57. The molecule has 0 heterocycles. The van der Waals surface area contributed by atoms with Gasteiger partial charge in [-0.3, -0.25) is 0 Å². The summed E-state index contributed by atoms with van der Waals surface area (Å²) in [5.74, 6) is -2.62. The lowest BCUT2D eigenvalue weighted by Crippen LogP contribution is -2.06. The van der Waals surface area contributed by atoms with Crippen molar-refractivity contribution in [3.05, 3.63) is 63.6 Å². The quantitative estimate of drug-likeness (QED) is 0.913. The Labute approximate surface area is 121 Å². The van der Waals surface area contributed by atoms with Crippen molar-refractivity contribution in [2.45, 2.75) is 6.61 Å². The number of ether oxygens (including phenoxy) is 1. The second kappa shape index (κ2) is 6.00. The van der Waals surface area contributed by atoms with Crippen LogP contribution in [0.15, 0.2) is 40.9 Å². The molecule has 0 saturated carbocycles. The van der Waals surface area contributed by atoms with Crippen molar-refractivity contribution in [1.82, 2.24) is 0 Å². The number of halogens is 3. The van der Waals surface area contributed by atoms with Crippen LogP contribution < -0.4 is 4.74 Å². The van der Waals surface area contributed by atoms with E-state index in [1.807, 2.05) is 0 Å². The third-order valence-corrected chi connectivity index (χ3v) is 3.10. The molecule has 0 radical (unpaired) electrons. The van der Waals surface area contributed by atoms with E-state index in [1.54, 1.807) is 6.07 Å². The molecule has 0 spiro atoms. The second-order valence-corrected chi connectivity index (χ2v) is 4.85. The Morgan fingerprint density at radius 3 is 2.45 bits per heavy atom. The number of carbonyl (C=O) groups is 1. The van der Waals surface area contributed by atoms with Gasteiger partial charge in [0.25, 0.3) is 0 Å².